The van der Waals surface area contributed by atoms with Crippen LogP contribution >= 0.6 is 0 Å². The minimum atomic E-state index is -0.0652. The number of nitrogens with zero attached hydrogens (tertiary/aromatic N) is 2. The number of ether oxygens (including phenoxy) is 1. The molecule has 0 unspecified atom stereocenters. The first-order valence-electron chi connectivity index (χ1n) is 6.98. The summed E-state index contributed by atoms with van der Waals surface area (Å²) in [5.74, 6) is 0.731. The molecule has 2 rings (SSSR count). The molecule has 0 bridgehead atoms. The molecule has 0 aliphatic carbocycles. The fourth-order valence-electron chi connectivity index (χ4n) is 2.38. The normalized spacial score (nSPS) is 23.1. The van der Waals surface area contributed by atoms with Crippen LogP contribution in [-0.2, 0) is 16.0 Å². The highest BCUT2D eigenvalue weighted by molar-refractivity contribution is 5.92. The molecule has 0 radical (unpaired) electrons. The molecule has 104 valence electrons. The number of rotatable bonds is 4. The maximum absolute atomic E-state index is 12.2. The second-order valence-corrected chi connectivity index (χ2v) is 4.80. The quantitative estimate of drug-likeness (QED) is 0.904. The van der Waals surface area contributed by atoms with Crippen molar-refractivity contribution in [2.75, 3.05) is 11.9 Å². The first-order chi connectivity index (χ1) is 9.24. The van der Waals surface area contributed by atoms with E-state index in [1.807, 2.05) is 6.92 Å². The van der Waals surface area contributed by atoms with E-state index >= 15 is 0 Å². The van der Waals surface area contributed by atoms with E-state index in [0.717, 1.165) is 38.1 Å². The molecular formula is C14H21N3O2. The minimum absolute atomic E-state index is 0.0133. The highest BCUT2D eigenvalue weighted by atomic mass is 16.5. The molecule has 0 saturated carbocycles. The van der Waals surface area contributed by atoms with Crippen LogP contribution in [0.3, 0.4) is 0 Å². The van der Waals surface area contributed by atoms with Gasteiger partial charge in [-0.05, 0) is 19.3 Å². The Bertz CT molecular complexity index is 419. The lowest BCUT2D eigenvalue weighted by Gasteiger charge is -2.29. The van der Waals surface area contributed by atoms with E-state index < -0.39 is 0 Å². The van der Waals surface area contributed by atoms with E-state index in [0.29, 0.717) is 5.69 Å². The van der Waals surface area contributed by atoms with Crippen LogP contribution in [0.15, 0.2) is 12.4 Å². The summed E-state index contributed by atoms with van der Waals surface area (Å²) < 4.78 is 5.64. The summed E-state index contributed by atoms with van der Waals surface area (Å²) in [7, 11) is 0. The summed E-state index contributed by atoms with van der Waals surface area (Å²) in [5, 5.41) is 2.88. The predicted molar refractivity (Wildman–Crippen MR) is 72.8 cm³/mol. The molecule has 5 nitrogen and oxygen atoms in total. The molecular weight excluding hydrogens is 242 g/mol. The summed E-state index contributed by atoms with van der Waals surface area (Å²) in [6.07, 6.45) is 6.84. The first-order valence-corrected chi connectivity index (χ1v) is 6.98. The van der Waals surface area contributed by atoms with Gasteiger partial charge in [0.2, 0.25) is 5.91 Å². The van der Waals surface area contributed by atoms with Crippen LogP contribution in [0, 0.1) is 5.92 Å². The Kier molecular flexibility index (Phi) is 4.85. The molecule has 0 aromatic carbocycles. The lowest BCUT2D eigenvalue weighted by molar-refractivity contribution is -0.129. The van der Waals surface area contributed by atoms with E-state index in [1.165, 1.54) is 0 Å². The molecule has 1 saturated heterocycles. The van der Waals surface area contributed by atoms with Crippen molar-refractivity contribution in [3.63, 3.8) is 0 Å². The van der Waals surface area contributed by atoms with Crippen molar-refractivity contribution in [1.29, 1.82) is 0 Å². The number of carbonyl (C=O) groups is 1. The second kappa shape index (κ2) is 6.61. The maximum Gasteiger partial charge on any atom is 0.230 e. The number of aromatic nitrogens is 2. The topological polar surface area (TPSA) is 64.1 Å². The fourth-order valence-corrected chi connectivity index (χ4v) is 2.38. The van der Waals surface area contributed by atoms with Crippen molar-refractivity contribution < 1.29 is 9.53 Å². The molecule has 1 aromatic heterocycles. The van der Waals surface area contributed by atoms with Gasteiger partial charge in [0.1, 0.15) is 5.82 Å². The van der Waals surface area contributed by atoms with Crippen molar-refractivity contribution in [2.24, 2.45) is 5.92 Å². The molecule has 1 aliphatic rings. The predicted octanol–water partition coefficient (Wildman–Crippen LogP) is 2.18. The van der Waals surface area contributed by atoms with Gasteiger partial charge >= 0.3 is 0 Å². The molecule has 0 spiro atoms. The Morgan fingerprint density at radius 3 is 2.79 bits per heavy atom. The number of hydrogen-bond acceptors (Lipinski definition) is 4. The highest BCUT2D eigenvalue weighted by Gasteiger charge is 2.30. The van der Waals surface area contributed by atoms with Gasteiger partial charge in [-0.2, -0.15) is 0 Å². The molecule has 19 heavy (non-hydrogen) atoms. The summed E-state index contributed by atoms with van der Waals surface area (Å²) in [6, 6.07) is 0. The largest absolute Gasteiger partial charge is 0.377 e. The van der Waals surface area contributed by atoms with E-state index in [-0.39, 0.29) is 17.9 Å². The number of hydrogen-bond donors (Lipinski definition) is 1. The molecule has 1 fully saturated rings. The Morgan fingerprint density at radius 2 is 2.16 bits per heavy atom. The van der Waals surface area contributed by atoms with Crippen molar-refractivity contribution in [3.8, 4) is 0 Å². The van der Waals surface area contributed by atoms with Gasteiger partial charge in [-0.15, -0.1) is 0 Å². The summed E-state index contributed by atoms with van der Waals surface area (Å²) >= 11 is 0. The van der Waals surface area contributed by atoms with Gasteiger partial charge in [-0.25, -0.2) is 9.97 Å². The Hall–Kier alpha value is -1.49. The van der Waals surface area contributed by atoms with Crippen LogP contribution in [0.1, 0.15) is 38.9 Å². The molecule has 1 N–H and O–H groups in total. The smallest absolute Gasteiger partial charge is 0.230 e. The zero-order chi connectivity index (χ0) is 13.7. The standard InChI is InChI=1S/C14H21N3O2/c1-3-12-11(6-5-7-19-12)14(18)17-10-8-15-13(4-2)16-9-10/h8-9,11-12H,3-7H2,1-2H3,(H,17,18)/t11-,12+/m1/s1. The number of aryl methyl sites for hydroxylation is 1. The molecule has 1 aromatic rings. The van der Waals surface area contributed by atoms with Crippen molar-refractivity contribution in [2.45, 2.75) is 45.6 Å². The first kappa shape index (κ1) is 13.9. The average Bonchev–Trinajstić information content (AvgIpc) is 2.48. The zero-order valence-corrected chi connectivity index (χ0v) is 11.6. The van der Waals surface area contributed by atoms with Crippen molar-refractivity contribution in [1.82, 2.24) is 9.97 Å². The van der Waals surface area contributed by atoms with E-state index in [2.05, 4.69) is 22.2 Å². The number of anilines is 1. The van der Waals surface area contributed by atoms with E-state index in [4.69, 9.17) is 4.74 Å². The van der Waals surface area contributed by atoms with Gasteiger partial charge in [-0.1, -0.05) is 13.8 Å². The van der Waals surface area contributed by atoms with Crippen molar-refractivity contribution >= 4 is 11.6 Å². The fraction of sp³-hybridized carbons (Fsp3) is 0.643. The van der Waals surface area contributed by atoms with Crippen LogP contribution in [0.25, 0.3) is 0 Å². The van der Waals surface area contributed by atoms with Gasteiger partial charge in [0, 0.05) is 13.0 Å². The number of amides is 1. The SMILES string of the molecule is CCc1ncc(NC(=O)[C@@H]2CCCO[C@H]2CC)cn1. The molecule has 1 aliphatic heterocycles. The van der Waals surface area contributed by atoms with Crippen LogP contribution < -0.4 is 5.32 Å². The van der Waals surface area contributed by atoms with E-state index in [9.17, 15) is 4.79 Å². The second-order valence-electron chi connectivity index (χ2n) is 4.80. The van der Waals surface area contributed by atoms with Gasteiger partial charge in [0.15, 0.2) is 0 Å². The molecule has 2 atom stereocenters. The lowest BCUT2D eigenvalue weighted by atomic mass is 9.92. The van der Waals surface area contributed by atoms with E-state index in [1.54, 1.807) is 12.4 Å². The zero-order valence-electron chi connectivity index (χ0n) is 11.6. The molecule has 1 amide bonds. The average molecular weight is 263 g/mol. The molecule has 5 heteroatoms. The van der Waals surface area contributed by atoms with Crippen LogP contribution in [0.4, 0.5) is 5.69 Å². The Morgan fingerprint density at radius 1 is 1.42 bits per heavy atom. The number of nitrogens with one attached hydrogen (secondary N) is 1. The van der Waals surface area contributed by atoms with Crippen LogP contribution in [0.5, 0.6) is 0 Å². The lowest BCUT2D eigenvalue weighted by Crippen LogP contribution is -2.37. The summed E-state index contributed by atoms with van der Waals surface area (Å²) in [6.45, 7) is 4.81. The maximum atomic E-state index is 12.2. The Balaban J connectivity index is 1.98. The summed E-state index contributed by atoms with van der Waals surface area (Å²) in [5.41, 5.74) is 0.655. The van der Waals surface area contributed by atoms with Gasteiger partial charge in [0.25, 0.3) is 0 Å². The summed E-state index contributed by atoms with van der Waals surface area (Å²) in [4.78, 5) is 20.6. The van der Waals surface area contributed by atoms with Crippen LogP contribution in [0.2, 0.25) is 0 Å². The Labute approximate surface area is 113 Å². The van der Waals surface area contributed by atoms with Crippen molar-refractivity contribution in [3.05, 3.63) is 18.2 Å². The third kappa shape index (κ3) is 3.50. The number of carbonyl (C=O) groups excluding carboxylic acids is 1. The van der Waals surface area contributed by atoms with Gasteiger partial charge in [0.05, 0.1) is 30.1 Å². The monoisotopic (exact) mass is 263 g/mol. The van der Waals surface area contributed by atoms with Gasteiger partial charge in [-0.3, -0.25) is 4.79 Å². The third-order valence-corrected chi connectivity index (χ3v) is 3.47. The third-order valence-electron chi connectivity index (χ3n) is 3.47. The van der Waals surface area contributed by atoms with Gasteiger partial charge < -0.3 is 10.1 Å². The molecule has 2 heterocycles. The minimum Gasteiger partial charge on any atom is -0.377 e. The van der Waals surface area contributed by atoms with Crippen LogP contribution in [-0.4, -0.2) is 28.6 Å². The highest BCUT2D eigenvalue weighted by Crippen LogP contribution is 2.24.